The van der Waals surface area contributed by atoms with Crippen LogP contribution in [-0.2, 0) is 7.05 Å². The molecule has 0 spiro atoms. The van der Waals surface area contributed by atoms with Gasteiger partial charge >= 0.3 is 0 Å². The second-order valence-corrected chi connectivity index (χ2v) is 6.51. The van der Waals surface area contributed by atoms with Gasteiger partial charge < -0.3 is 9.30 Å². The molecule has 0 N–H and O–H groups in total. The number of ether oxygens (including phenoxy) is 1. The van der Waals surface area contributed by atoms with E-state index in [1.165, 1.54) is 0 Å². The zero-order valence-electron chi connectivity index (χ0n) is 14.4. The summed E-state index contributed by atoms with van der Waals surface area (Å²) in [5.74, 6) is 7.83. The Morgan fingerprint density at radius 1 is 1.16 bits per heavy atom. The molecule has 0 aromatic carbocycles. The van der Waals surface area contributed by atoms with E-state index in [1.807, 2.05) is 53.8 Å². The van der Waals surface area contributed by atoms with Gasteiger partial charge in [0.05, 0.1) is 12.3 Å². The highest BCUT2D eigenvalue weighted by Gasteiger charge is 2.09. The fraction of sp³-hybridized carbons (Fsp3) is 0.316. The maximum atomic E-state index is 5.87. The van der Waals surface area contributed by atoms with Gasteiger partial charge in [-0.1, -0.05) is 0 Å². The van der Waals surface area contributed by atoms with Gasteiger partial charge in [0, 0.05) is 19.4 Å². The summed E-state index contributed by atoms with van der Waals surface area (Å²) in [6.45, 7) is 0.611. The van der Waals surface area contributed by atoms with E-state index in [0.29, 0.717) is 29.3 Å². The van der Waals surface area contributed by atoms with E-state index >= 15 is 0 Å². The highest BCUT2D eigenvalue weighted by atomic mass is 32.2. The first-order chi connectivity index (χ1) is 12.3. The third-order valence-electron chi connectivity index (χ3n) is 3.64. The van der Waals surface area contributed by atoms with Crippen LogP contribution in [0.5, 0.6) is 5.88 Å². The molecule has 3 rings (SSSR count). The van der Waals surface area contributed by atoms with Crippen molar-refractivity contribution >= 4 is 22.9 Å². The van der Waals surface area contributed by atoms with Gasteiger partial charge in [0.15, 0.2) is 11.3 Å². The van der Waals surface area contributed by atoms with E-state index in [2.05, 4.69) is 33.0 Å². The Balaban J connectivity index is 1.87. The largest absolute Gasteiger partial charge is 0.476 e. The number of fused-ring (bicyclic) bond motifs is 1. The normalized spacial score (nSPS) is 10.5. The number of pyridine rings is 1. The molecule has 3 heterocycles. The Bertz CT molecular complexity index is 910. The van der Waals surface area contributed by atoms with Crippen LogP contribution in [-0.4, -0.2) is 38.1 Å². The molecule has 0 radical (unpaired) electrons. The van der Waals surface area contributed by atoms with Crippen molar-refractivity contribution in [1.29, 1.82) is 0 Å². The monoisotopic (exact) mass is 352 g/mol. The van der Waals surface area contributed by atoms with E-state index in [-0.39, 0.29) is 0 Å². The van der Waals surface area contributed by atoms with E-state index in [9.17, 15) is 0 Å². The average molecular weight is 352 g/mol. The van der Waals surface area contributed by atoms with Crippen LogP contribution >= 0.6 is 11.8 Å². The summed E-state index contributed by atoms with van der Waals surface area (Å²) in [5, 5.41) is 0. The van der Waals surface area contributed by atoms with Gasteiger partial charge in [0.25, 0.3) is 0 Å². The van der Waals surface area contributed by atoms with Crippen molar-refractivity contribution in [3.8, 4) is 17.7 Å². The first-order valence-corrected chi connectivity index (χ1v) is 9.55. The number of unbranched alkanes of at least 4 members (excludes halogenated alkanes) is 1. The Morgan fingerprint density at radius 2 is 2.08 bits per heavy atom. The zero-order valence-corrected chi connectivity index (χ0v) is 15.2. The molecular formula is C19H20N4OS. The minimum absolute atomic E-state index is 0.478. The molecule has 3 aromatic heterocycles. The predicted octanol–water partition coefficient (Wildman–Crippen LogP) is 3.29. The summed E-state index contributed by atoms with van der Waals surface area (Å²) >= 11 is 1.84. The highest BCUT2D eigenvalue weighted by Crippen LogP contribution is 2.17. The molecule has 6 heteroatoms. The van der Waals surface area contributed by atoms with Crippen molar-refractivity contribution in [2.75, 3.05) is 18.6 Å². The first kappa shape index (κ1) is 17.3. The van der Waals surface area contributed by atoms with Crippen molar-refractivity contribution < 1.29 is 4.74 Å². The number of rotatable bonds is 6. The fourth-order valence-corrected chi connectivity index (χ4v) is 2.78. The highest BCUT2D eigenvalue weighted by molar-refractivity contribution is 7.98. The van der Waals surface area contributed by atoms with Crippen LogP contribution in [0.3, 0.4) is 0 Å². The van der Waals surface area contributed by atoms with Gasteiger partial charge in [0.2, 0.25) is 5.88 Å². The van der Waals surface area contributed by atoms with Crippen molar-refractivity contribution in [2.24, 2.45) is 7.05 Å². The second-order valence-electron chi connectivity index (χ2n) is 5.53. The van der Waals surface area contributed by atoms with Gasteiger partial charge in [-0.2, -0.15) is 11.8 Å². The van der Waals surface area contributed by atoms with E-state index < -0.39 is 0 Å². The number of aryl methyl sites for hydroxylation is 1. The molecule has 0 unspecified atom stereocenters. The molecule has 5 nitrogen and oxygen atoms in total. The molecule has 0 saturated heterocycles. The Kier molecular flexibility index (Phi) is 5.91. The van der Waals surface area contributed by atoms with Crippen LogP contribution in [0.1, 0.15) is 24.2 Å². The molecule has 0 bridgehead atoms. The number of thioether (sulfide) groups is 1. The fourth-order valence-electron chi connectivity index (χ4n) is 2.29. The van der Waals surface area contributed by atoms with Gasteiger partial charge in [-0.05, 0) is 61.0 Å². The van der Waals surface area contributed by atoms with Crippen molar-refractivity contribution in [3.63, 3.8) is 0 Å². The molecule has 0 fully saturated rings. The molecular weight excluding hydrogens is 332 g/mol. The summed E-state index contributed by atoms with van der Waals surface area (Å²) < 4.78 is 7.83. The minimum Gasteiger partial charge on any atom is -0.476 e. The Labute approximate surface area is 151 Å². The lowest BCUT2D eigenvalue weighted by Crippen LogP contribution is -2.04. The molecule has 0 aliphatic rings. The van der Waals surface area contributed by atoms with Gasteiger partial charge in [0.1, 0.15) is 5.52 Å². The molecule has 0 atom stereocenters. The maximum Gasteiger partial charge on any atom is 0.249 e. The number of hydrogen-bond acceptors (Lipinski definition) is 5. The smallest absolute Gasteiger partial charge is 0.249 e. The lowest BCUT2D eigenvalue weighted by Gasteiger charge is -2.07. The van der Waals surface area contributed by atoms with Gasteiger partial charge in [-0.3, -0.25) is 0 Å². The summed E-state index contributed by atoms with van der Waals surface area (Å²) in [6, 6.07) is 7.64. The zero-order chi connectivity index (χ0) is 17.5. The maximum absolute atomic E-state index is 5.87. The SMILES string of the molecule is CSCCCCOc1nc2cccnc2nc1C#Cc1cccn1C. The van der Waals surface area contributed by atoms with E-state index in [0.717, 1.165) is 24.3 Å². The van der Waals surface area contributed by atoms with Crippen molar-refractivity contribution in [2.45, 2.75) is 12.8 Å². The molecule has 25 heavy (non-hydrogen) atoms. The first-order valence-electron chi connectivity index (χ1n) is 8.16. The average Bonchev–Trinajstić information content (AvgIpc) is 3.04. The summed E-state index contributed by atoms with van der Waals surface area (Å²) in [4.78, 5) is 13.3. The topological polar surface area (TPSA) is 52.8 Å². The van der Waals surface area contributed by atoms with Crippen molar-refractivity contribution in [3.05, 3.63) is 48.0 Å². The Hall–Kier alpha value is -2.52. The van der Waals surface area contributed by atoms with Crippen LogP contribution in [0, 0.1) is 11.8 Å². The number of hydrogen-bond donors (Lipinski definition) is 0. The third kappa shape index (κ3) is 4.52. The number of aromatic nitrogens is 4. The summed E-state index contributed by atoms with van der Waals surface area (Å²) in [6.07, 6.45) is 7.88. The number of nitrogens with zero attached hydrogens (tertiary/aromatic N) is 4. The van der Waals surface area contributed by atoms with Crippen LogP contribution in [0.15, 0.2) is 36.7 Å². The second kappa shape index (κ2) is 8.54. The standard InChI is InChI=1S/C19H20N4OS/c1-23-12-6-7-15(23)9-10-17-19(24-13-3-4-14-25-2)22-16-8-5-11-20-18(16)21-17/h5-8,11-12H,3-4,13-14H2,1-2H3. The van der Waals surface area contributed by atoms with Crippen molar-refractivity contribution in [1.82, 2.24) is 19.5 Å². The summed E-state index contributed by atoms with van der Waals surface area (Å²) in [7, 11) is 1.96. The molecule has 3 aromatic rings. The lowest BCUT2D eigenvalue weighted by molar-refractivity contribution is 0.297. The van der Waals surface area contributed by atoms with Gasteiger partial charge in [-0.25, -0.2) is 15.0 Å². The summed E-state index contributed by atoms with van der Waals surface area (Å²) in [5.41, 5.74) is 2.73. The molecule has 0 aliphatic carbocycles. The molecule has 0 saturated carbocycles. The molecule has 128 valence electrons. The Morgan fingerprint density at radius 3 is 2.88 bits per heavy atom. The van der Waals surface area contributed by atoms with Crippen LogP contribution in [0.25, 0.3) is 11.2 Å². The third-order valence-corrected chi connectivity index (χ3v) is 4.34. The minimum atomic E-state index is 0.478. The lowest BCUT2D eigenvalue weighted by atomic mass is 10.3. The van der Waals surface area contributed by atoms with Crippen LogP contribution in [0.4, 0.5) is 0 Å². The van der Waals surface area contributed by atoms with Crippen LogP contribution in [0.2, 0.25) is 0 Å². The quantitative estimate of drug-likeness (QED) is 0.503. The van der Waals surface area contributed by atoms with Gasteiger partial charge in [-0.15, -0.1) is 0 Å². The molecule has 0 aliphatic heterocycles. The van der Waals surface area contributed by atoms with Crippen LogP contribution < -0.4 is 4.74 Å². The van der Waals surface area contributed by atoms with E-state index in [1.54, 1.807) is 6.20 Å². The predicted molar refractivity (Wildman–Crippen MR) is 102 cm³/mol. The van der Waals surface area contributed by atoms with E-state index in [4.69, 9.17) is 4.74 Å². The molecule has 0 amide bonds.